The van der Waals surface area contributed by atoms with Gasteiger partial charge in [-0.05, 0) is 30.8 Å². The lowest BCUT2D eigenvalue weighted by molar-refractivity contribution is -0.139. The number of carbonyl (C=O) groups is 1. The zero-order chi connectivity index (χ0) is 20.0. The number of anilines is 1. The molecular formula is C19H23N3O5S. The Balaban J connectivity index is 1.71. The van der Waals surface area contributed by atoms with Gasteiger partial charge in [0.1, 0.15) is 6.10 Å². The van der Waals surface area contributed by atoms with E-state index in [0.29, 0.717) is 23.2 Å². The quantitative estimate of drug-likeness (QED) is 0.484. The molecule has 0 aromatic heterocycles. The number of rotatable bonds is 4. The summed E-state index contributed by atoms with van der Waals surface area (Å²) in [5.41, 5.74) is 0.738. The van der Waals surface area contributed by atoms with Crippen molar-refractivity contribution in [1.29, 1.82) is 0 Å². The van der Waals surface area contributed by atoms with Gasteiger partial charge in [-0.15, -0.1) is 6.58 Å². The van der Waals surface area contributed by atoms with E-state index >= 15 is 0 Å². The number of likely N-dealkylation sites (N-methyl/N-ethyl adjacent to an activating group) is 1. The second-order valence-corrected chi connectivity index (χ2v) is 7.67. The average Bonchev–Trinajstić information content (AvgIpc) is 3.27. The lowest BCUT2D eigenvalue weighted by atomic mass is 9.77. The molecule has 1 amide bonds. The Bertz CT molecular complexity index is 819. The maximum absolute atomic E-state index is 13.1. The summed E-state index contributed by atoms with van der Waals surface area (Å²) >= 11 is 5.52. The first-order chi connectivity index (χ1) is 13.4. The molecular weight excluding hydrogens is 382 g/mol. The molecule has 0 bridgehead atoms. The van der Waals surface area contributed by atoms with Crippen LogP contribution in [0.1, 0.15) is 6.42 Å². The van der Waals surface area contributed by atoms with Crippen molar-refractivity contribution in [3.8, 4) is 11.5 Å². The molecule has 9 heteroatoms. The van der Waals surface area contributed by atoms with Crippen molar-refractivity contribution in [2.75, 3.05) is 25.3 Å². The third kappa shape index (κ3) is 2.99. The van der Waals surface area contributed by atoms with Crippen LogP contribution >= 0.6 is 12.2 Å². The molecule has 3 N–H and O–H groups in total. The Kier molecular flexibility index (Phi) is 4.90. The van der Waals surface area contributed by atoms with Crippen LogP contribution in [0.2, 0.25) is 0 Å². The van der Waals surface area contributed by atoms with Crippen molar-refractivity contribution in [1.82, 2.24) is 10.2 Å². The molecule has 1 aromatic carbocycles. The molecule has 2 heterocycles. The topological polar surface area (TPSA) is 94.5 Å². The Hall–Kier alpha value is -2.36. The van der Waals surface area contributed by atoms with E-state index in [4.69, 9.17) is 21.7 Å². The number of amides is 1. The van der Waals surface area contributed by atoms with Crippen molar-refractivity contribution in [2.24, 2.45) is 5.92 Å². The van der Waals surface area contributed by atoms with E-state index in [0.717, 1.165) is 5.69 Å². The van der Waals surface area contributed by atoms with Gasteiger partial charge in [0, 0.05) is 25.3 Å². The second kappa shape index (κ2) is 7.23. The summed E-state index contributed by atoms with van der Waals surface area (Å²) in [6.45, 7) is 4.23. The molecule has 2 aliphatic heterocycles. The molecule has 0 radical (unpaired) electrons. The highest BCUT2D eigenvalue weighted by Crippen LogP contribution is 2.41. The first kappa shape index (κ1) is 19.0. The molecule has 1 saturated heterocycles. The van der Waals surface area contributed by atoms with Crippen LogP contribution < -0.4 is 19.7 Å². The van der Waals surface area contributed by atoms with Crippen molar-refractivity contribution in [3.05, 3.63) is 30.9 Å². The number of nitrogens with one attached hydrogen (secondary N) is 1. The highest BCUT2D eigenvalue weighted by atomic mass is 32.1. The Morgan fingerprint density at radius 2 is 2.18 bits per heavy atom. The minimum Gasteiger partial charge on any atom is -0.454 e. The van der Waals surface area contributed by atoms with Crippen LogP contribution in [0.15, 0.2) is 30.9 Å². The van der Waals surface area contributed by atoms with E-state index < -0.39 is 30.2 Å². The third-order valence-electron chi connectivity index (χ3n) is 5.58. The molecule has 1 aliphatic carbocycles. The minimum atomic E-state index is -1.03. The number of nitrogens with zero attached hydrogens (tertiary/aromatic N) is 2. The van der Waals surface area contributed by atoms with Gasteiger partial charge >= 0.3 is 0 Å². The summed E-state index contributed by atoms with van der Waals surface area (Å²) in [5, 5.41) is 24.4. The highest BCUT2D eigenvalue weighted by Gasteiger charge is 2.54. The van der Waals surface area contributed by atoms with Gasteiger partial charge in [0.25, 0.3) is 0 Å². The van der Waals surface area contributed by atoms with Crippen LogP contribution in [0.5, 0.6) is 11.5 Å². The van der Waals surface area contributed by atoms with Crippen molar-refractivity contribution in [3.63, 3.8) is 0 Å². The molecule has 0 unspecified atom stereocenters. The van der Waals surface area contributed by atoms with Gasteiger partial charge in [-0.3, -0.25) is 4.79 Å². The maximum atomic E-state index is 13.1. The fourth-order valence-corrected chi connectivity index (χ4v) is 4.59. The Morgan fingerprint density at radius 3 is 2.93 bits per heavy atom. The van der Waals surface area contributed by atoms with E-state index in [-0.39, 0.29) is 19.1 Å². The fraction of sp³-hybridized carbons (Fsp3) is 0.474. The molecule has 4 rings (SSSR count). The standard InChI is InChI=1S/C19H23N3O5S/c1-3-6-21(2)18(25)11-8-12(23)17(24)15-16(11)22(19(28)20-15)10-4-5-13-14(7-10)27-9-26-13/h3-5,7,11-12,15-17,23-24H,1,6,8-9H2,2H3,(H,20,28)/t11-,12-,15-,16-,17+/m1/s1. The van der Waals surface area contributed by atoms with Gasteiger partial charge in [0.05, 0.1) is 24.1 Å². The van der Waals surface area contributed by atoms with Gasteiger partial charge in [-0.1, -0.05) is 6.08 Å². The molecule has 3 aliphatic rings. The SMILES string of the molecule is C=CCN(C)C(=O)[C@@H]1C[C@@H](O)[C@H](O)[C@@H]2NC(=S)N(c3ccc4c(c3)OCO4)[C@@H]21. The van der Waals surface area contributed by atoms with Crippen molar-refractivity contribution < 1.29 is 24.5 Å². The second-order valence-electron chi connectivity index (χ2n) is 7.28. The lowest BCUT2D eigenvalue weighted by Crippen LogP contribution is -2.61. The predicted octanol–water partition coefficient (Wildman–Crippen LogP) is 0.233. The number of fused-ring (bicyclic) bond motifs is 2. The number of ether oxygens (including phenoxy) is 2. The molecule has 0 spiro atoms. The van der Waals surface area contributed by atoms with Crippen LogP contribution in [0.25, 0.3) is 0 Å². The summed E-state index contributed by atoms with van der Waals surface area (Å²) in [6, 6.07) is 4.45. The summed E-state index contributed by atoms with van der Waals surface area (Å²) in [7, 11) is 1.70. The molecule has 5 atom stereocenters. The van der Waals surface area contributed by atoms with Crippen LogP contribution in [-0.2, 0) is 4.79 Å². The zero-order valence-electron chi connectivity index (χ0n) is 15.4. The van der Waals surface area contributed by atoms with E-state index in [1.807, 2.05) is 17.0 Å². The predicted molar refractivity (Wildman–Crippen MR) is 106 cm³/mol. The summed E-state index contributed by atoms with van der Waals surface area (Å²) in [5.74, 6) is 0.576. The highest BCUT2D eigenvalue weighted by molar-refractivity contribution is 7.80. The number of aliphatic hydroxyl groups is 2. The van der Waals surface area contributed by atoms with Crippen LogP contribution in [-0.4, -0.2) is 70.8 Å². The van der Waals surface area contributed by atoms with Gasteiger partial charge in [-0.25, -0.2) is 0 Å². The van der Waals surface area contributed by atoms with Gasteiger partial charge in [0.2, 0.25) is 12.7 Å². The van der Waals surface area contributed by atoms with Gasteiger partial charge in [0.15, 0.2) is 16.6 Å². The van der Waals surface area contributed by atoms with E-state index in [2.05, 4.69) is 11.9 Å². The van der Waals surface area contributed by atoms with Crippen molar-refractivity contribution >= 4 is 28.9 Å². The van der Waals surface area contributed by atoms with Gasteiger partial charge in [-0.2, -0.15) is 0 Å². The van der Waals surface area contributed by atoms with Gasteiger partial charge < -0.3 is 34.8 Å². The normalized spacial score (nSPS) is 30.6. The number of thiocarbonyl (C=S) groups is 1. The third-order valence-corrected chi connectivity index (χ3v) is 5.89. The number of aliphatic hydroxyl groups excluding tert-OH is 2. The number of carbonyl (C=O) groups excluding carboxylic acids is 1. The van der Waals surface area contributed by atoms with E-state index in [9.17, 15) is 15.0 Å². The fourth-order valence-electron chi connectivity index (χ4n) is 4.23. The molecule has 28 heavy (non-hydrogen) atoms. The molecule has 8 nitrogen and oxygen atoms in total. The average molecular weight is 405 g/mol. The number of benzene rings is 1. The van der Waals surface area contributed by atoms with Crippen molar-refractivity contribution in [2.45, 2.75) is 30.7 Å². The maximum Gasteiger partial charge on any atom is 0.231 e. The molecule has 1 aromatic rings. The molecule has 1 saturated carbocycles. The lowest BCUT2D eigenvalue weighted by Gasteiger charge is -2.42. The van der Waals surface area contributed by atoms with E-state index in [1.54, 1.807) is 24.1 Å². The monoisotopic (exact) mass is 405 g/mol. The molecule has 150 valence electrons. The zero-order valence-corrected chi connectivity index (χ0v) is 16.3. The Labute approximate surface area is 168 Å². The smallest absolute Gasteiger partial charge is 0.231 e. The van der Waals surface area contributed by atoms with Crippen LogP contribution in [0, 0.1) is 5.92 Å². The summed E-state index contributed by atoms with van der Waals surface area (Å²) in [4.78, 5) is 16.5. The summed E-state index contributed by atoms with van der Waals surface area (Å²) < 4.78 is 10.8. The molecule has 2 fully saturated rings. The van der Waals surface area contributed by atoms with E-state index in [1.165, 1.54) is 0 Å². The summed E-state index contributed by atoms with van der Waals surface area (Å²) in [6.07, 6.45) is -0.250. The van der Waals surface area contributed by atoms with Crippen LogP contribution in [0.4, 0.5) is 5.69 Å². The first-order valence-corrected chi connectivity index (χ1v) is 9.54. The first-order valence-electron chi connectivity index (χ1n) is 9.13. The minimum absolute atomic E-state index is 0.127. The number of hydrogen-bond donors (Lipinski definition) is 3. The van der Waals surface area contributed by atoms with Crippen LogP contribution in [0.3, 0.4) is 0 Å². The largest absolute Gasteiger partial charge is 0.454 e. The number of hydrogen-bond acceptors (Lipinski definition) is 6. The Morgan fingerprint density at radius 1 is 1.43 bits per heavy atom.